The van der Waals surface area contributed by atoms with Crippen LogP contribution in [0, 0.1) is 0 Å². The van der Waals surface area contributed by atoms with Gasteiger partial charge in [-0.2, -0.15) is 0 Å². The van der Waals surface area contributed by atoms with Crippen LogP contribution in [0.4, 0.5) is 0 Å². The highest BCUT2D eigenvalue weighted by Gasteiger charge is 2.23. The Kier molecular flexibility index (Phi) is 5.97. The van der Waals surface area contributed by atoms with Crippen LogP contribution in [0.1, 0.15) is 12.8 Å². The van der Waals surface area contributed by atoms with Crippen LogP contribution in [-0.4, -0.2) is 72.1 Å². The molecule has 0 bridgehead atoms. The number of aliphatic hydroxyl groups is 3. The van der Waals surface area contributed by atoms with Crippen molar-refractivity contribution in [2.24, 2.45) is 0 Å². The Morgan fingerprint density at radius 2 is 1.80 bits per heavy atom. The van der Waals surface area contributed by atoms with Gasteiger partial charge in [-0.15, -0.1) is 0 Å². The van der Waals surface area contributed by atoms with Crippen LogP contribution in [0.5, 0.6) is 0 Å². The molecule has 0 rings (SSSR count). The van der Waals surface area contributed by atoms with E-state index in [1.165, 1.54) is 0 Å². The lowest BCUT2D eigenvalue weighted by Gasteiger charge is -2.23. The predicted octanol–water partition coefficient (Wildman–Crippen LogP) is -1.24. The van der Waals surface area contributed by atoms with E-state index in [0.29, 0.717) is 6.42 Å². The van der Waals surface area contributed by atoms with E-state index in [-0.39, 0.29) is 6.42 Å². The number of hydrogen-bond donors (Lipinski definition) is 3. The van der Waals surface area contributed by atoms with E-state index in [9.17, 15) is 9.90 Å². The summed E-state index contributed by atoms with van der Waals surface area (Å²) in [6, 6.07) is 0. The second-order valence-electron chi connectivity index (χ2n) is 4.78. The first-order valence-corrected chi connectivity index (χ1v) is 5.08. The first-order valence-electron chi connectivity index (χ1n) is 5.08. The van der Waals surface area contributed by atoms with Gasteiger partial charge >= 0.3 is 0 Å². The molecule has 0 aliphatic rings. The molecule has 0 fully saturated rings. The number of nitrogens with zero attached hydrogens (tertiary/aromatic N) is 1. The van der Waals surface area contributed by atoms with Crippen molar-refractivity contribution >= 4 is 5.78 Å². The first-order chi connectivity index (χ1) is 6.78. The molecule has 0 aromatic carbocycles. The number of aliphatic hydroxyl groups excluding tert-OH is 3. The minimum atomic E-state index is -1.46. The molecule has 0 aromatic rings. The maximum Gasteiger partial charge on any atom is 0.164 e. The maximum absolute atomic E-state index is 11.3. The molecule has 0 spiro atoms. The van der Waals surface area contributed by atoms with Crippen LogP contribution in [0.25, 0.3) is 0 Å². The third-order valence-corrected chi connectivity index (χ3v) is 2.13. The SMILES string of the molecule is C[N+](C)(C)CCCC(=O)C(O)[C@@H](O)CO. The van der Waals surface area contributed by atoms with E-state index in [1.54, 1.807) is 0 Å². The van der Waals surface area contributed by atoms with Crippen LogP contribution in [0.15, 0.2) is 0 Å². The molecule has 0 amide bonds. The van der Waals surface area contributed by atoms with Crippen LogP contribution < -0.4 is 0 Å². The normalized spacial score (nSPS) is 16.1. The Hall–Kier alpha value is -0.490. The summed E-state index contributed by atoms with van der Waals surface area (Å²) in [7, 11) is 6.05. The van der Waals surface area contributed by atoms with Crippen LogP contribution in [-0.2, 0) is 4.79 Å². The lowest BCUT2D eigenvalue weighted by molar-refractivity contribution is -0.870. The van der Waals surface area contributed by atoms with Gasteiger partial charge in [-0.3, -0.25) is 4.79 Å². The second-order valence-corrected chi connectivity index (χ2v) is 4.78. The van der Waals surface area contributed by atoms with Gasteiger partial charge in [-0.05, 0) is 0 Å². The van der Waals surface area contributed by atoms with Crippen molar-refractivity contribution in [3.8, 4) is 0 Å². The number of rotatable bonds is 7. The molecule has 15 heavy (non-hydrogen) atoms. The fourth-order valence-electron chi connectivity index (χ4n) is 1.19. The lowest BCUT2D eigenvalue weighted by Crippen LogP contribution is -2.38. The summed E-state index contributed by atoms with van der Waals surface area (Å²) < 4.78 is 0.756. The van der Waals surface area contributed by atoms with Crippen molar-refractivity contribution < 1.29 is 24.6 Å². The number of quaternary nitrogens is 1. The summed E-state index contributed by atoms with van der Waals surface area (Å²) in [5, 5.41) is 26.8. The van der Waals surface area contributed by atoms with Gasteiger partial charge in [-0.1, -0.05) is 0 Å². The van der Waals surface area contributed by atoms with Crippen molar-refractivity contribution in [2.45, 2.75) is 25.0 Å². The van der Waals surface area contributed by atoms with E-state index >= 15 is 0 Å². The minimum Gasteiger partial charge on any atom is -0.394 e. The van der Waals surface area contributed by atoms with Gasteiger partial charge in [0.05, 0.1) is 34.3 Å². The Bertz CT molecular complexity index is 200. The zero-order chi connectivity index (χ0) is 12.1. The second kappa shape index (κ2) is 6.17. The molecule has 5 nitrogen and oxygen atoms in total. The molecule has 0 aliphatic heterocycles. The molecule has 0 radical (unpaired) electrons. The average molecular weight is 220 g/mol. The molecule has 2 atom stereocenters. The van der Waals surface area contributed by atoms with Crippen molar-refractivity contribution in [2.75, 3.05) is 34.3 Å². The molecule has 90 valence electrons. The van der Waals surface area contributed by atoms with Gasteiger partial charge in [0.15, 0.2) is 5.78 Å². The maximum atomic E-state index is 11.3. The minimum absolute atomic E-state index is 0.230. The summed E-state index contributed by atoms with van der Waals surface area (Å²) in [5.41, 5.74) is 0. The highest BCUT2D eigenvalue weighted by Crippen LogP contribution is 2.03. The number of hydrogen-bond acceptors (Lipinski definition) is 4. The molecule has 0 heterocycles. The van der Waals surface area contributed by atoms with Gasteiger partial charge in [0.2, 0.25) is 0 Å². The predicted molar refractivity (Wildman–Crippen MR) is 56.2 cm³/mol. The van der Waals surface area contributed by atoms with E-state index in [1.807, 2.05) is 21.1 Å². The number of carbonyl (C=O) groups is 1. The molecule has 5 heteroatoms. The fraction of sp³-hybridized carbons (Fsp3) is 0.900. The topological polar surface area (TPSA) is 77.8 Å². The fourth-order valence-corrected chi connectivity index (χ4v) is 1.19. The number of Topliss-reactive ketones (excluding diaryl/α,β-unsaturated/α-hetero) is 1. The third kappa shape index (κ3) is 6.57. The van der Waals surface area contributed by atoms with Crippen LogP contribution in [0.2, 0.25) is 0 Å². The summed E-state index contributed by atoms with van der Waals surface area (Å²) in [6.45, 7) is 0.232. The smallest absolute Gasteiger partial charge is 0.164 e. The Morgan fingerprint density at radius 1 is 1.27 bits per heavy atom. The van der Waals surface area contributed by atoms with Gasteiger partial charge in [-0.25, -0.2) is 0 Å². The van der Waals surface area contributed by atoms with E-state index in [0.717, 1.165) is 11.0 Å². The van der Waals surface area contributed by atoms with Crippen LogP contribution >= 0.6 is 0 Å². The molecule has 0 saturated heterocycles. The quantitative estimate of drug-likeness (QED) is 0.469. The molecule has 0 saturated carbocycles. The number of carbonyl (C=O) groups excluding carboxylic acids is 1. The van der Waals surface area contributed by atoms with Gasteiger partial charge in [0.1, 0.15) is 12.2 Å². The van der Waals surface area contributed by atoms with E-state index in [2.05, 4.69) is 0 Å². The Labute approximate surface area is 90.5 Å². The number of ketones is 1. The zero-order valence-electron chi connectivity index (χ0n) is 9.68. The van der Waals surface area contributed by atoms with Crippen molar-refractivity contribution in [1.82, 2.24) is 0 Å². The summed E-state index contributed by atoms with van der Waals surface area (Å²) in [5.74, 6) is -0.412. The van der Waals surface area contributed by atoms with Crippen molar-refractivity contribution in [1.29, 1.82) is 0 Å². The molecular formula is C10H22NO4+. The first kappa shape index (κ1) is 14.5. The molecule has 0 aliphatic carbocycles. The largest absolute Gasteiger partial charge is 0.394 e. The van der Waals surface area contributed by atoms with Crippen molar-refractivity contribution in [3.63, 3.8) is 0 Å². The zero-order valence-corrected chi connectivity index (χ0v) is 9.68. The average Bonchev–Trinajstić information content (AvgIpc) is 2.13. The molecule has 0 aromatic heterocycles. The molecular weight excluding hydrogens is 198 g/mol. The Balaban J connectivity index is 3.84. The molecule has 1 unspecified atom stereocenters. The van der Waals surface area contributed by atoms with Crippen LogP contribution in [0.3, 0.4) is 0 Å². The van der Waals surface area contributed by atoms with E-state index < -0.39 is 24.6 Å². The van der Waals surface area contributed by atoms with Gasteiger partial charge < -0.3 is 19.8 Å². The van der Waals surface area contributed by atoms with Crippen molar-refractivity contribution in [3.05, 3.63) is 0 Å². The lowest BCUT2D eigenvalue weighted by atomic mass is 10.1. The molecule has 3 N–H and O–H groups in total. The summed E-state index contributed by atoms with van der Waals surface area (Å²) in [6.07, 6.45) is -1.92. The summed E-state index contributed by atoms with van der Waals surface area (Å²) in [4.78, 5) is 11.3. The van der Waals surface area contributed by atoms with E-state index in [4.69, 9.17) is 10.2 Å². The third-order valence-electron chi connectivity index (χ3n) is 2.13. The van der Waals surface area contributed by atoms with Gasteiger partial charge in [0, 0.05) is 12.8 Å². The van der Waals surface area contributed by atoms with Gasteiger partial charge in [0.25, 0.3) is 0 Å². The Morgan fingerprint density at radius 3 is 2.20 bits per heavy atom. The summed E-state index contributed by atoms with van der Waals surface area (Å²) >= 11 is 0. The highest BCUT2D eigenvalue weighted by molar-refractivity contribution is 5.83. The highest BCUT2D eigenvalue weighted by atomic mass is 16.4. The monoisotopic (exact) mass is 220 g/mol. The standard InChI is InChI=1S/C10H22NO4/c1-11(2,3)6-4-5-8(13)10(15)9(14)7-12/h9-10,12,14-15H,4-7H2,1-3H3/q+1/t9-,10?/m0/s1.